The number of carbonyl (C=O) groups excluding carboxylic acids is 1. The van der Waals surface area contributed by atoms with Crippen molar-refractivity contribution < 1.29 is 4.79 Å². The van der Waals surface area contributed by atoms with Crippen LogP contribution >= 0.6 is 0 Å². The van der Waals surface area contributed by atoms with Gasteiger partial charge in [-0.25, -0.2) is 0 Å². The van der Waals surface area contributed by atoms with Crippen molar-refractivity contribution >= 4 is 11.6 Å². The summed E-state index contributed by atoms with van der Waals surface area (Å²) in [4.78, 5) is 18.3. The van der Waals surface area contributed by atoms with Gasteiger partial charge in [0, 0.05) is 18.6 Å². The second-order valence-electron chi connectivity index (χ2n) is 5.87. The lowest BCUT2D eigenvalue weighted by Gasteiger charge is -2.38. The minimum atomic E-state index is -0.197. The van der Waals surface area contributed by atoms with Crippen LogP contribution in [0.3, 0.4) is 0 Å². The average Bonchev–Trinajstić information content (AvgIpc) is 2.49. The van der Waals surface area contributed by atoms with Gasteiger partial charge in [-0.05, 0) is 45.4 Å². The van der Waals surface area contributed by atoms with Crippen LogP contribution in [0.5, 0.6) is 0 Å². The lowest BCUT2D eigenvalue weighted by atomic mass is 9.92. The summed E-state index contributed by atoms with van der Waals surface area (Å²) < 4.78 is 0. The van der Waals surface area contributed by atoms with E-state index in [0.29, 0.717) is 12.6 Å². The first kappa shape index (κ1) is 15.8. The number of aromatic nitrogens is 1. The molecule has 0 saturated carbocycles. The van der Waals surface area contributed by atoms with Crippen molar-refractivity contribution in [2.75, 3.05) is 18.5 Å². The molecule has 1 aliphatic heterocycles. The van der Waals surface area contributed by atoms with Crippen molar-refractivity contribution in [1.29, 1.82) is 0 Å². The first-order valence-electron chi connectivity index (χ1n) is 7.76. The van der Waals surface area contributed by atoms with E-state index in [1.165, 1.54) is 0 Å². The summed E-state index contributed by atoms with van der Waals surface area (Å²) in [6.45, 7) is 5.02. The maximum Gasteiger partial charge on any atom is 0.222 e. The Morgan fingerprint density at radius 2 is 2.29 bits per heavy atom. The van der Waals surface area contributed by atoms with Gasteiger partial charge in [0.15, 0.2) is 0 Å². The standard InChI is InChI=1S/C16H26N4O/c1-4-14(18-3)15-8-7-13(9-19-15)20-10-12(16(17)21)6-5-11(20)2/h7-9,11-12,14,18H,4-6,10H2,1-3H3,(H2,17,21). The number of anilines is 1. The molecule has 1 fully saturated rings. The summed E-state index contributed by atoms with van der Waals surface area (Å²) in [5, 5.41) is 3.26. The normalized spacial score (nSPS) is 23.9. The number of nitrogens with two attached hydrogens (primary N) is 1. The minimum absolute atomic E-state index is 0.0541. The third-order valence-corrected chi connectivity index (χ3v) is 4.50. The number of pyridine rings is 1. The van der Waals surface area contributed by atoms with Crippen LogP contribution in [0.1, 0.15) is 44.8 Å². The summed E-state index contributed by atoms with van der Waals surface area (Å²) in [6, 6.07) is 4.87. The predicted molar refractivity (Wildman–Crippen MR) is 85.1 cm³/mol. The molecule has 2 rings (SSSR count). The molecule has 1 amide bonds. The molecule has 3 unspecified atom stereocenters. The summed E-state index contributed by atoms with van der Waals surface area (Å²) >= 11 is 0. The zero-order chi connectivity index (χ0) is 15.4. The Balaban J connectivity index is 2.14. The van der Waals surface area contributed by atoms with Crippen molar-refractivity contribution in [3.05, 3.63) is 24.0 Å². The molecule has 0 aliphatic carbocycles. The fraction of sp³-hybridized carbons (Fsp3) is 0.625. The smallest absolute Gasteiger partial charge is 0.222 e. The maximum absolute atomic E-state index is 11.4. The highest BCUT2D eigenvalue weighted by Gasteiger charge is 2.28. The first-order chi connectivity index (χ1) is 10.1. The minimum Gasteiger partial charge on any atom is -0.369 e. The van der Waals surface area contributed by atoms with Gasteiger partial charge in [0.2, 0.25) is 5.91 Å². The van der Waals surface area contributed by atoms with E-state index in [9.17, 15) is 4.79 Å². The van der Waals surface area contributed by atoms with Gasteiger partial charge >= 0.3 is 0 Å². The molecule has 0 aromatic carbocycles. The molecule has 0 spiro atoms. The van der Waals surface area contributed by atoms with Crippen LogP contribution in [0, 0.1) is 5.92 Å². The van der Waals surface area contributed by atoms with Crippen molar-refractivity contribution in [2.45, 2.75) is 45.2 Å². The fourth-order valence-corrected chi connectivity index (χ4v) is 3.03. The lowest BCUT2D eigenvalue weighted by Crippen LogP contribution is -2.46. The van der Waals surface area contributed by atoms with E-state index >= 15 is 0 Å². The van der Waals surface area contributed by atoms with Gasteiger partial charge in [-0.2, -0.15) is 0 Å². The first-order valence-corrected chi connectivity index (χ1v) is 7.76. The number of carbonyl (C=O) groups is 1. The third-order valence-electron chi connectivity index (χ3n) is 4.50. The average molecular weight is 290 g/mol. The topological polar surface area (TPSA) is 71.2 Å². The van der Waals surface area contributed by atoms with Gasteiger partial charge in [-0.15, -0.1) is 0 Å². The number of piperidine rings is 1. The van der Waals surface area contributed by atoms with Crippen LogP contribution < -0.4 is 16.0 Å². The predicted octanol–water partition coefficient (Wildman–Crippen LogP) is 1.84. The number of hydrogen-bond acceptors (Lipinski definition) is 4. The van der Waals surface area contributed by atoms with Gasteiger partial charge in [0.05, 0.1) is 23.5 Å². The Bertz CT molecular complexity index is 470. The van der Waals surface area contributed by atoms with Gasteiger partial charge in [-0.1, -0.05) is 6.92 Å². The quantitative estimate of drug-likeness (QED) is 0.868. The van der Waals surface area contributed by atoms with E-state index in [0.717, 1.165) is 30.6 Å². The van der Waals surface area contributed by atoms with Crippen LogP contribution in [-0.2, 0) is 4.79 Å². The molecule has 116 valence electrons. The van der Waals surface area contributed by atoms with Crippen LogP contribution in [-0.4, -0.2) is 30.5 Å². The molecule has 3 atom stereocenters. The maximum atomic E-state index is 11.4. The molecular weight excluding hydrogens is 264 g/mol. The molecule has 21 heavy (non-hydrogen) atoms. The zero-order valence-corrected chi connectivity index (χ0v) is 13.2. The van der Waals surface area contributed by atoms with E-state index in [2.05, 4.69) is 41.2 Å². The molecule has 0 bridgehead atoms. The van der Waals surface area contributed by atoms with Gasteiger partial charge < -0.3 is 16.0 Å². The highest BCUT2D eigenvalue weighted by molar-refractivity contribution is 5.77. The number of nitrogens with zero attached hydrogens (tertiary/aromatic N) is 2. The SMILES string of the molecule is CCC(NC)c1ccc(N2CC(C(N)=O)CCC2C)cn1. The molecule has 3 N–H and O–H groups in total. The molecular formula is C16H26N4O. The summed E-state index contributed by atoms with van der Waals surface area (Å²) in [5.41, 5.74) is 7.59. The highest BCUT2D eigenvalue weighted by atomic mass is 16.1. The van der Waals surface area contributed by atoms with Crippen molar-refractivity contribution in [3.8, 4) is 0 Å². The summed E-state index contributed by atoms with van der Waals surface area (Å²) in [5.74, 6) is -0.251. The Morgan fingerprint density at radius 1 is 1.52 bits per heavy atom. The molecule has 1 aromatic rings. The van der Waals surface area contributed by atoms with Crippen LogP contribution in [0.4, 0.5) is 5.69 Å². The lowest BCUT2D eigenvalue weighted by molar-refractivity contribution is -0.122. The Hall–Kier alpha value is -1.62. The Labute approximate surface area is 126 Å². The Kier molecular flexibility index (Phi) is 5.17. The van der Waals surface area contributed by atoms with Crippen molar-refractivity contribution in [3.63, 3.8) is 0 Å². The molecule has 1 saturated heterocycles. The molecule has 5 nitrogen and oxygen atoms in total. The van der Waals surface area contributed by atoms with E-state index in [1.807, 2.05) is 13.2 Å². The number of primary amides is 1. The molecule has 1 aromatic heterocycles. The van der Waals surface area contributed by atoms with E-state index in [1.54, 1.807) is 0 Å². The third kappa shape index (κ3) is 3.53. The van der Waals surface area contributed by atoms with Crippen molar-refractivity contribution in [1.82, 2.24) is 10.3 Å². The summed E-state index contributed by atoms with van der Waals surface area (Å²) in [6.07, 6.45) is 4.79. The van der Waals surface area contributed by atoms with Crippen LogP contribution in [0.2, 0.25) is 0 Å². The zero-order valence-electron chi connectivity index (χ0n) is 13.2. The molecule has 5 heteroatoms. The van der Waals surface area contributed by atoms with Gasteiger partial charge in [-0.3, -0.25) is 9.78 Å². The van der Waals surface area contributed by atoms with Crippen molar-refractivity contribution in [2.24, 2.45) is 11.7 Å². The van der Waals surface area contributed by atoms with Crippen LogP contribution in [0.15, 0.2) is 18.3 Å². The largest absolute Gasteiger partial charge is 0.369 e. The number of hydrogen-bond donors (Lipinski definition) is 2. The van der Waals surface area contributed by atoms with Gasteiger partial charge in [0.1, 0.15) is 0 Å². The number of amides is 1. The second kappa shape index (κ2) is 6.89. The molecule has 0 radical (unpaired) electrons. The Morgan fingerprint density at radius 3 is 2.81 bits per heavy atom. The monoisotopic (exact) mass is 290 g/mol. The molecule has 1 aliphatic rings. The van der Waals surface area contributed by atoms with E-state index < -0.39 is 0 Å². The van der Waals surface area contributed by atoms with E-state index in [4.69, 9.17) is 5.73 Å². The van der Waals surface area contributed by atoms with E-state index in [-0.39, 0.29) is 17.9 Å². The van der Waals surface area contributed by atoms with Gasteiger partial charge in [0.25, 0.3) is 0 Å². The molecule has 2 heterocycles. The fourth-order valence-electron chi connectivity index (χ4n) is 3.03. The second-order valence-corrected chi connectivity index (χ2v) is 5.87. The highest BCUT2D eigenvalue weighted by Crippen LogP contribution is 2.28. The van der Waals surface area contributed by atoms with Crippen LogP contribution in [0.25, 0.3) is 0 Å². The number of rotatable bonds is 5. The summed E-state index contributed by atoms with van der Waals surface area (Å²) in [7, 11) is 1.95. The number of nitrogens with one attached hydrogen (secondary N) is 1.